The van der Waals surface area contributed by atoms with Gasteiger partial charge in [0, 0.05) is 19.4 Å². The number of nitrogens with zero attached hydrogens (tertiary/aromatic N) is 1. The van der Waals surface area contributed by atoms with Gasteiger partial charge in [0.05, 0.1) is 7.11 Å². The largest absolute Gasteiger partial charge is 0.497 e. The number of carbonyl (C=O) groups excluding carboxylic acids is 1. The number of carboxylic acids is 1. The van der Waals surface area contributed by atoms with Gasteiger partial charge < -0.3 is 24.2 Å². The minimum atomic E-state index is -0.919. The molecule has 7 heteroatoms. The number of hydrogen-bond donors (Lipinski definition) is 1. The van der Waals surface area contributed by atoms with Crippen LogP contribution in [0.2, 0.25) is 0 Å². The zero-order valence-corrected chi connectivity index (χ0v) is 19.1. The molecule has 0 heterocycles. The number of methoxy groups -OCH3 is 1. The third kappa shape index (κ3) is 9.39. The van der Waals surface area contributed by atoms with E-state index in [1.54, 1.807) is 7.11 Å². The molecule has 0 aliphatic heterocycles. The van der Waals surface area contributed by atoms with Gasteiger partial charge in [0.15, 0.2) is 0 Å². The van der Waals surface area contributed by atoms with E-state index in [0.29, 0.717) is 6.54 Å². The van der Waals surface area contributed by atoms with Crippen molar-refractivity contribution in [3.63, 3.8) is 0 Å². The SMILES string of the molecule is COc1ccc(CCc2ccccc2OC[C@H](CN(C)C)OC(=O)CCCC(=O)O)cc1. The molecule has 0 bridgehead atoms. The van der Waals surface area contributed by atoms with Crippen LogP contribution in [0, 0.1) is 0 Å². The van der Waals surface area contributed by atoms with Gasteiger partial charge in [0.2, 0.25) is 0 Å². The number of rotatable bonds is 14. The third-order valence-corrected chi connectivity index (χ3v) is 4.88. The molecule has 0 aliphatic rings. The first-order chi connectivity index (χ1) is 15.4. The predicted octanol–water partition coefficient (Wildman–Crippen LogP) is 3.59. The molecule has 2 aromatic rings. The Bertz CT molecular complexity index is 850. The number of likely N-dealkylation sites (N-methyl/N-ethyl adjacent to an activating group) is 1. The number of ether oxygens (including phenoxy) is 3. The Morgan fingerprint density at radius 3 is 2.38 bits per heavy atom. The molecule has 0 radical (unpaired) electrons. The highest BCUT2D eigenvalue weighted by Crippen LogP contribution is 2.21. The number of esters is 1. The smallest absolute Gasteiger partial charge is 0.306 e. The van der Waals surface area contributed by atoms with Gasteiger partial charge in [0.25, 0.3) is 0 Å². The topological polar surface area (TPSA) is 85.3 Å². The first-order valence-electron chi connectivity index (χ1n) is 10.8. The van der Waals surface area contributed by atoms with Gasteiger partial charge in [-0.2, -0.15) is 0 Å². The van der Waals surface area contributed by atoms with Crippen molar-refractivity contribution in [2.75, 3.05) is 34.4 Å². The minimum absolute atomic E-state index is 0.0501. The summed E-state index contributed by atoms with van der Waals surface area (Å²) in [6.45, 7) is 0.737. The summed E-state index contributed by atoms with van der Waals surface area (Å²) >= 11 is 0. The van der Waals surface area contributed by atoms with Crippen molar-refractivity contribution in [3.05, 3.63) is 59.7 Å². The van der Waals surface area contributed by atoms with Crippen LogP contribution in [0.4, 0.5) is 0 Å². The normalized spacial score (nSPS) is 11.8. The average Bonchev–Trinajstić information content (AvgIpc) is 2.76. The van der Waals surface area contributed by atoms with Crippen molar-refractivity contribution < 1.29 is 28.9 Å². The van der Waals surface area contributed by atoms with Crippen LogP contribution in [0.1, 0.15) is 30.4 Å². The van der Waals surface area contributed by atoms with Crippen molar-refractivity contribution in [1.82, 2.24) is 4.90 Å². The van der Waals surface area contributed by atoms with Crippen molar-refractivity contribution in [2.24, 2.45) is 0 Å². The van der Waals surface area contributed by atoms with Gasteiger partial charge in [-0.25, -0.2) is 0 Å². The van der Waals surface area contributed by atoms with Gasteiger partial charge in [0.1, 0.15) is 24.2 Å². The van der Waals surface area contributed by atoms with E-state index in [-0.39, 0.29) is 25.9 Å². The Labute approximate surface area is 189 Å². The first kappa shape index (κ1) is 25.2. The van der Waals surface area contributed by atoms with Gasteiger partial charge in [-0.15, -0.1) is 0 Å². The molecule has 1 atom stereocenters. The lowest BCUT2D eigenvalue weighted by molar-refractivity contribution is -0.151. The van der Waals surface area contributed by atoms with Crippen molar-refractivity contribution in [3.8, 4) is 11.5 Å². The fraction of sp³-hybridized carbons (Fsp3) is 0.440. The summed E-state index contributed by atoms with van der Waals surface area (Å²) in [5.41, 5.74) is 2.29. The van der Waals surface area contributed by atoms with Crippen LogP contribution in [-0.2, 0) is 27.2 Å². The van der Waals surface area contributed by atoms with E-state index in [0.717, 1.165) is 29.9 Å². The van der Waals surface area contributed by atoms with E-state index in [9.17, 15) is 9.59 Å². The quantitative estimate of drug-likeness (QED) is 0.447. The molecule has 0 saturated carbocycles. The van der Waals surface area contributed by atoms with Crippen molar-refractivity contribution in [1.29, 1.82) is 0 Å². The van der Waals surface area contributed by atoms with E-state index in [2.05, 4.69) is 12.1 Å². The molecule has 0 fully saturated rings. The number of aryl methyl sites for hydroxylation is 2. The van der Waals surface area contributed by atoms with E-state index >= 15 is 0 Å². The molecule has 0 unspecified atom stereocenters. The third-order valence-electron chi connectivity index (χ3n) is 4.88. The van der Waals surface area contributed by atoms with Crippen LogP contribution in [0.3, 0.4) is 0 Å². The molecule has 0 amide bonds. The number of carboxylic acid groups (broad SMARTS) is 1. The fourth-order valence-corrected chi connectivity index (χ4v) is 3.27. The van der Waals surface area contributed by atoms with Gasteiger partial charge in [-0.3, -0.25) is 9.59 Å². The minimum Gasteiger partial charge on any atom is -0.497 e. The van der Waals surface area contributed by atoms with Crippen LogP contribution in [-0.4, -0.2) is 62.4 Å². The Kier molecular flexibility index (Phi) is 10.5. The maximum Gasteiger partial charge on any atom is 0.306 e. The van der Waals surface area contributed by atoms with Crippen LogP contribution in [0.25, 0.3) is 0 Å². The molecule has 32 heavy (non-hydrogen) atoms. The summed E-state index contributed by atoms with van der Waals surface area (Å²) in [5.74, 6) is 0.278. The number of para-hydroxylation sites is 1. The Morgan fingerprint density at radius 2 is 1.72 bits per heavy atom. The Balaban J connectivity index is 1.93. The lowest BCUT2D eigenvalue weighted by Gasteiger charge is -2.22. The second-order valence-electron chi connectivity index (χ2n) is 7.89. The van der Waals surface area contributed by atoms with E-state index in [1.807, 2.05) is 55.4 Å². The summed E-state index contributed by atoms with van der Waals surface area (Å²) in [6.07, 6.45) is 1.52. The molecule has 0 aromatic heterocycles. The standard InChI is InChI=1S/C25H33NO6/c1-26(2)17-22(32-25(29)10-6-9-24(27)28)18-31-23-8-5-4-7-20(23)14-11-19-12-15-21(30-3)16-13-19/h4-5,7-8,12-13,15-16,22H,6,9-11,14,17-18H2,1-3H3,(H,27,28)/t22-/m0/s1. The second-order valence-corrected chi connectivity index (χ2v) is 7.89. The molecule has 7 nitrogen and oxygen atoms in total. The summed E-state index contributed by atoms with van der Waals surface area (Å²) in [5, 5.41) is 8.72. The summed E-state index contributed by atoms with van der Waals surface area (Å²) < 4.78 is 16.8. The Hall–Kier alpha value is -3.06. The fourth-order valence-electron chi connectivity index (χ4n) is 3.27. The molecular weight excluding hydrogens is 410 g/mol. The average molecular weight is 444 g/mol. The highest BCUT2D eigenvalue weighted by molar-refractivity contribution is 5.71. The lowest BCUT2D eigenvalue weighted by atomic mass is 10.0. The molecule has 0 aliphatic carbocycles. The van der Waals surface area contributed by atoms with E-state index in [4.69, 9.17) is 19.3 Å². The highest BCUT2D eigenvalue weighted by Gasteiger charge is 2.17. The molecule has 2 rings (SSSR count). The molecule has 1 N–H and O–H groups in total. The lowest BCUT2D eigenvalue weighted by Crippen LogP contribution is -2.35. The number of hydrogen-bond acceptors (Lipinski definition) is 6. The predicted molar refractivity (Wildman–Crippen MR) is 122 cm³/mol. The second kappa shape index (κ2) is 13.4. The van der Waals surface area contributed by atoms with Crippen molar-refractivity contribution >= 4 is 11.9 Å². The monoisotopic (exact) mass is 443 g/mol. The maximum absolute atomic E-state index is 12.1. The number of benzene rings is 2. The van der Waals surface area contributed by atoms with E-state index in [1.165, 1.54) is 5.56 Å². The number of aliphatic carboxylic acids is 1. The van der Waals surface area contributed by atoms with Crippen LogP contribution >= 0.6 is 0 Å². The first-order valence-corrected chi connectivity index (χ1v) is 10.8. The van der Waals surface area contributed by atoms with Crippen LogP contribution in [0.15, 0.2) is 48.5 Å². The van der Waals surface area contributed by atoms with Crippen molar-refractivity contribution in [2.45, 2.75) is 38.2 Å². The van der Waals surface area contributed by atoms with Gasteiger partial charge in [-0.1, -0.05) is 30.3 Å². The van der Waals surface area contributed by atoms with Gasteiger partial charge in [-0.05, 0) is 62.7 Å². The summed E-state index contributed by atoms with van der Waals surface area (Å²) in [6, 6.07) is 15.9. The number of carbonyl (C=O) groups is 2. The van der Waals surface area contributed by atoms with Crippen LogP contribution < -0.4 is 9.47 Å². The van der Waals surface area contributed by atoms with E-state index < -0.39 is 18.0 Å². The zero-order valence-electron chi connectivity index (χ0n) is 19.1. The zero-order chi connectivity index (χ0) is 23.3. The molecule has 2 aromatic carbocycles. The molecule has 0 saturated heterocycles. The molecule has 0 spiro atoms. The Morgan fingerprint density at radius 1 is 1.00 bits per heavy atom. The summed E-state index contributed by atoms with van der Waals surface area (Å²) in [7, 11) is 5.45. The van der Waals surface area contributed by atoms with Gasteiger partial charge >= 0.3 is 11.9 Å². The highest BCUT2D eigenvalue weighted by atomic mass is 16.6. The van der Waals surface area contributed by atoms with Crippen LogP contribution in [0.5, 0.6) is 11.5 Å². The molecule has 174 valence electrons. The summed E-state index contributed by atoms with van der Waals surface area (Å²) in [4.78, 5) is 24.7. The maximum atomic E-state index is 12.1. The molecular formula is C25H33NO6.